The van der Waals surface area contributed by atoms with E-state index >= 15 is 0 Å². The zero-order chi connectivity index (χ0) is 21.8. The lowest BCUT2D eigenvalue weighted by Crippen LogP contribution is -2.15. The monoisotopic (exact) mass is 503 g/mol. The van der Waals surface area contributed by atoms with Crippen LogP contribution in [0.2, 0.25) is 5.02 Å². The zero-order valence-electron chi connectivity index (χ0n) is 16.0. The molecule has 4 aromatic rings. The number of ether oxygens (including phenoxy) is 1. The molecule has 1 amide bonds. The van der Waals surface area contributed by atoms with Crippen molar-refractivity contribution in [2.45, 2.75) is 13.3 Å². The number of carbonyl (C=O) groups is 1. The molecule has 0 radical (unpaired) electrons. The zero-order valence-corrected chi connectivity index (χ0v) is 18.3. The van der Waals surface area contributed by atoms with Crippen LogP contribution >= 0.6 is 27.5 Å². The average molecular weight is 505 g/mol. The number of nitrogens with zero attached hydrogens (tertiary/aromatic N) is 4. The maximum absolute atomic E-state index is 13.3. The molecule has 158 valence electrons. The molecule has 0 bridgehead atoms. The molecule has 0 aliphatic carbocycles. The Balaban J connectivity index is 1.34. The van der Waals surface area contributed by atoms with Gasteiger partial charge in [-0.1, -0.05) is 39.7 Å². The lowest BCUT2D eigenvalue weighted by Gasteiger charge is -2.08. The van der Waals surface area contributed by atoms with Crippen molar-refractivity contribution in [2.24, 2.45) is 0 Å². The van der Waals surface area contributed by atoms with Gasteiger partial charge in [0, 0.05) is 22.9 Å². The fourth-order valence-corrected chi connectivity index (χ4v) is 3.53. The first-order chi connectivity index (χ1) is 15.0. The van der Waals surface area contributed by atoms with E-state index in [1.54, 1.807) is 53.5 Å². The van der Waals surface area contributed by atoms with Gasteiger partial charge in [0.1, 0.15) is 11.6 Å². The van der Waals surface area contributed by atoms with Crippen LogP contribution in [0, 0.1) is 5.82 Å². The first-order valence-corrected chi connectivity index (χ1v) is 10.3. The fourth-order valence-electron chi connectivity index (χ4n) is 2.80. The number of rotatable bonds is 7. The molecule has 10 heteroatoms. The molecular weight excluding hydrogens is 489 g/mol. The Morgan fingerprint density at radius 3 is 2.74 bits per heavy atom. The summed E-state index contributed by atoms with van der Waals surface area (Å²) in [6.07, 6.45) is 3.33. The Kier molecular flexibility index (Phi) is 6.34. The number of hydrogen-bond donors (Lipinski definition) is 1. The van der Waals surface area contributed by atoms with Crippen molar-refractivity contribution in [1.29, 1.82) is 0 Å². The van der Waals surface area contributed by atoms with E-state index in [2.05, 4.69) is 31.4 Å². The predicted octanol–water partition coefficient (Wildman–Crippen LogP) is 4.97. The summed E-state index contributed by atoms with van der Waals surface area (Å²) >= 11 is 9.46. The summed E-state index contributed by atoms with van der Waals surface area (Å²) in [6.45, 7) is 0.481. The van der Waals surface area contributed by atoms with Gasteiger partial charge in [-0.2, -0.15) is 10.2 Å². The molecule has 0 fully saturated rings. The highest BCUT2D eigenvalue weighted by atomic mass is 79.9. The molecule has 1 N–H and O–H groups in total. The summed E-state index contributed by atoms with van der Waals surface area (Å²) in [4.78, 5) is 12.5. The van der Waals surface area contributed by atoms with Gasteiger partial charge in [-0.15, -0.1) is 0 Å². The Morgan fingerprint density at radius 1 is 1.10 bits per heavy atom. The van der Waals surface area contributed by atoms with Crippen LogP contribution in [0.25, 0.3) is 0 Å². The molecule has 2 aromatic carbocycles. The SMILES string of the molecule is O=C(Nc1ccn(Cc2cccc(F)c2)n1)c1ccn(COc2ccc(Br)cc2Cl)n1. The molecule has 0 saturated heterocycles. The maximum Gasteiger partial charge on any atom is 0.277 e. The average Bonchev–Trinajstić information content (AvgIpc) is 3.37. The predicted molar refractivity (Wildman–Crippen MR) is 118 cm³/mol. The molecule has 0 aliphatic rings. The largest absolute Gasteiger partial charge is 0.470 e. The van der Waals surface area contributed by atoms with Crippen LogP contribution in [-0.4, -0.2) is 25.5 Å². The van der Waals surface area contributed by atoms with Crippen molar-refractivity contribution in [3.8, 4) is 5.75 Å². The minimum atomic E-state index is -0.406. The quantitative estimate of drug-likeness (QED) is 0.386. The minimum absolute atomic E-state index is 0.0941. The first kappa shape index (κ1) is 21.1. The van der Waals surface area contributed by atoms with Crippen molar-refractivity contribution in [3.63, 3.8) is 0 Å². The van der Waals surface area contributed by atoms with E-state index in [0.29, 0.717) is 23.1 Å². The van der Waals surface area contributed by atoms with Crippen LogP contribution < -0.4 is 10.1 Å². The van der Waals surface area contributed by atoms with E-state index in [-0.39, 0.29) is 18.2 Å². The second-order valence-electron chi connectivity index (χ2n) is 6.57. The van der Waals surface area contributed by atoms with Gasteiger partial charge in [0.05, 0.1) is 11.6 Å². The number of halogens is 3. The number of amides is 1. The molecule has 4 rings (SSSR count). The minimum Gasteiger partial charge on any atom is -0.470 e. The summed E-state index contributed by atoms with van der Waals surface area (Å²) in [5, 5.41) is 11.6. The number of benzene rings is 2. The van der Waals surface area contributed by atoms with Crippen LogP contribution in [0.5, 0.6) is 5.75 Å². The van der Waals surface area contributed by atoms with E-state index in [1.165, 1.54) is 16.8 Å². The standard InChI is InChI=1S/C21H16BrClFN5O2/c22-15-4-5-19(17(23)11-15)31-13-29-8-6-18(26-29)21(30)25-20-7-9-28(27-20)12-14-2-1-3-16(24)10-14/h1-11H,12-13H2,(H,25,27,30). The molecule has 0 saturated carbocycles. The number of anilines is 1. The highest BCUT2D eigenvalue weighted by molar-refractivity contribution is 9.10. The van der Waals surface area contributed by atoms with Crippen LogP contribution in [-0.2, 0) is 13.3 Å². The van der Waals surface area contributed by atoms with Gasteiger partial charge in [-0.3, -0.25) is 9.48 Å². The van der Waals surface area contributed by atoms with Crippen molar-refractivity contribution in [1.82, 2.24) is 19.6 Å². The van der Waals surface area contributed by atoms with Crippen molar-refractivity contribution in [2.75, 3.05) is 5.32 Å². The highest BCUT2D eigenvalue weighted by Crippen LogP contribution is 2.27. The summed E-state index contributed by atoms with van der Waals surface area (Å²) in [7, 11) is 0. The second-order valence-corrected chi connectivity index (χ2v) is 7.89. The highest BCUT2D eigenvalue weighted by Gasteiger charge is 2.12. The van der Waals surface area contributed by atoms with Crippen molar-refractivity contribution < 1.29 is 13.9 Å². The molecule has 2 aromatic heterocycles. The maximum atomic E-state index is 13.3. The van der Waals surface area contributed by atoms with Gasteiger partial charge < -0.3 is 10.1 Å². The van der Waals surface area contributed by atoms with Gasteiger partial charge in [0.25, 0.3) is 5.91 Å². The van der Waals surface area contributed by atoms with Gasteiger partial charge in [-0.05, 0) is 42.0 Å². The molecule has 7 nitrogen and oxygen atoms in total. The number of hydrogen-bond acceptors (Lipinski definition) is 4. The molecule has 0 unspecified atom stereocenters. The molecule has 0 spiro atoms. The van der Waals surface area contributed by atoms with Crippen LogP contribution in [0.4, 0.5) is 10.2 Å². The second kappa shape index (κ2) is 9.32. The smallest absolute Gasteiger partial charge is 0.277 e. The normalized spacial score (nSPS) is 10.8. The lowest BCUT2D eigenvalue weighted by molar-refractivity contribution is 0.101. The summed E-state index contributed by atoms with van der Waals surface area (Å²) in [5.74, 6) is 0.167. The third-order valence-electron chi connectivity index (χ3n) is 4.24. The van der Waals surface area contributed by atoms with Gasteiger partial charge >= 0.3 is 0 Å². The molecule has 2 heterocycles. The Labute approximate surface area is 190 Å². The summed E-state index contributed by atoms with van der Waals surface area (Å²) in [5.41, 5.74) is 0.982. The summed E-state index contributed by atoms with van der Waals surface area (Å²) in [6, 6.07) is 14.8. The Morgan fingerprint density at radius 2 is 1.94 bits per heavy atom. The van der Waals surface area contributed by atoms with E-state index in [0.717, 1.165) is 10.0 Å². The molecule has 31 heavy (non-hydrogen) atoms. The lowest BCUT2D eigenvalue weighted by atomic mass is 10.2. The number of aromatic nitrogens is 4. The number of carbonyl (C=O) groups excluding carboxylic acids is 1. The van der Waals surface area contributed by atoms with Crippen molar-refractivity contribution in [3.05, 3.63) is 93.6 Å². The summed E-state index contributed by atoms with van der Waals surface area (Å²) < 4.78 is 22.9. The third kappa shape index (κ3) is 5.50. The molecule has 0 aliphatic heterocycles. The third-order valence-corrected chi connectivity index (χ3v) is 5.02. The number of nitrogens with one attached hydrogen (secondary N) is 1. The molecule has 0 atom stereocenters. The van der Waals surface area contributed by atoms with Crippen LogP contribution in [0.15, 0.2) is 71.5 Å². The van der Waals surface area contributed by atoms with E-state index in [9.17, 15) is 9.18 Å². The topological polar surface area (TPSA) is 74.0 Å². The van der Waals surface area contributed by atoms with Gasteiger partial charge in [0.15, 0.2) is 18.2 Å². The molecular formula is C21H16BrClFN5O2. The Hall–Kier alpha value is -3.17. The van der Waals surface area contributed by atoms with Gasteiger partial charge in [0.2, 0.25) is 0 Å². The van der Waals surface area contributed by atoms with E-state index in [4.69, 9.17) is 16.3 Å². The first-order valence-electron chi connectivity index (χ1n) is 9.17. The fraction of sp³-hybridized carbons (Fsp3) is 0.0952. The van der Waals surface area contributed by atoms with Crippen LogP contribution in [0.1, 0.15) is 16.1 Å². The van der Waals surface area contributed by atoms with Crippen molar-refractivity contribution >= 4 is 39.3 Å². The van der Waals surface area contributed by atoms with E-state index in [1.807, 2.05) is 6.07 Å². The van der Waals surface area contributed by atoms with Gasteiger partial charge in [-0.25, -0.2) is 9.07 Å². The van der Waals surface area contributed by atoms with E-state index < -0.39 is 5.91 Å². The Bertz CT molecular complexity index is 1230. The van der Waals surface area contributed by atoms with Crippen LogP contribution in [0.3, 0.4) is 0 Å².